The van der Waals surface area contributed by atoms with Gasteiger partial charge in [-0.25, -0.2) is 0 Å². The molecule has 1 fully saturated rings. The van der Waals surface area contributed by atoms with Crippen molar-refractivity contribution < 1.29 is 19.7 Å². The van der Waals surface area contributed by atoms with Crippen LogP contribution in [0.25, 0.3) is 0 Å². The molecule has 5 nitrogen and oxygen atoms in total. The van der Waals surface area contributed by atoms with Gasteiger partial charge in [0, 0.05) is 11.6 Å². The molecule has 1 aromatic carbocycles. The van der Waals surface area contributed by atoms with Crippen molar-refractivity contribution in [3.63, 3.8) is 0 Å². The zero-order valence-electron chi connectivity index (χ0n) is 13.5. The van der Waals surface area contributed by atoms with Gasteiger partial charge in [0.1, 0.15) is 18.5 Å². The Kier molecular flexibility index (Phi) is 4.87. The molecule has 1 aliphatic heterocycles. The summed E-state index contributed by atoms with van der Waals surface area (Å²) < 4.78 is 5.83. The number of hydrogen-bond acceptors (Lipinski definition) is 4. The first-order chi connectivity index (χ1) is 11.1. The van der Waals surface area contributed by atoms with E-state index in [0.717, 1.165) is 37.0 Å². The molecule has 0 bridgehead atoms. The maximum absolute atomic E-state index is 11.2. The summed E-state index contributed by atoms with van der Waals surface area (Å²) in [5.74, 6) is -0.223. The van der Waals surface area contributed by atoms with Crippen LogP contribution >= 0.6 is 0 Å². The summed E-state index contributed by atoms with van der Waals surface area (Å²) in [6.07, 6.45) is 3.56. The Hall–Kier alpha value is -1.59. The van der Waals surface area contributed by atoms with Gasteiger partial charge in [-0.3, -0.25) is 4.79 Å². The summed E-state index contributed by atoms with van der Waals surface area (Å²) >= 11 is 0. The van der Waals surface area contributed by atoms with Crippen LogP contribution in [0.15, 0.2) is 18.2 Å². The predicted octanol–water partition coefficient (Wildman–Crippen LogP) is 2.28. The van der Waals surface area contributed by atoms with Gasteiger partial charge in [-0.1, -0.05) is 25.5 Å². The minimum absolute atomic E-state index is 0.129. The Morgan fingerprint density at radius 2 is 2.22 bits per heavy atom. The van der Waals surface area contributed by atoms with Gasteiger partial charge in [-0.05, 0) is 37.3 Å². The zero-order chi connectivity index (χ0) is 16.4. The van der Waals surface area contributed by atoms with Crippen molar-refractivity contribution in [1.29, 1.82) is 0 Å². The van der Waals surface area contributed by atoms with E-state index < -0.39 is 12.1 Å². The van der Waals surface area contributed by atoms with E-state index in [1.54, 1.807) is 0 Å². The first-order valence-corrected chi connectivity index (χ1v) is 8.51. The minimum atomic E-state index is -0.714. The number of aliphatic hydroxyl groups excluding tert-OH is 1. The van der Waals surface area contributed by atoms with E-state index in [0.29, 0.717) is 13.0 Å². The van der Waals surface area contributed by atoms with E-state index in [4.69, 9.17) is 4.74 Å². The number of aliphatic hydroxyl groups is 1. The third-order valence-electron chi connectivity index (χ3n) is 5.08. The van der Waals surface area contributed by atoms with Gasteiger partial charge in [0.25, 0.3) is 0 Å². The second kappa shape index (κ2) is 6.89. The van der Waals surface area contributed by atoms with Crippen LogP contribution in [0.2, 0.25) is 0 Å². The Balaban J connectivity index is 1.66. The topological polar surface area (TPSA) is 78.8 Å². The average molecular weight is 319 g/mol. The van der Waals surface area contributed by atoms with Crippen molar-refractivity contribution in [2.24, 2.45) is 5.92 Å². The monoisotopic (exact) mass is 319 g/mol. The number of nitrogens with one attached hydrogen (secondary N) is 1. The lowest BCUT2D eigenvalue weighted by atomic mass is 9.85. The third-order valence-corrected chi connectivity index (χ3v) is 5.08. The summed E-state index contributed by atoms with van der Waals surface area (Å²) in [5.41, 5.74) is 2.01. The molecule has 4 atom stereocenters. The van der Waals surface area contributed by atoms with Crippen molar-refractivity contribution in [2.45, 2.75) is 57.2 Å². The quantitative estimate of drug-likeness (QED) is 0.793. The molecule has 1 heterocycles. The molecule has 0 amide bonds. The molecular weight excluding hydrogens is 294 g/mol. The van der Waals surface area contributed by atoms with Crippen molar-refractivity contribution in [3.8, 4) is 5.75 Å². The second-order valence-electron chi connectivity index (χ2n) is 6.65. The molecule has 0 aromatic heterocycles. The molecule has 3 rings (SSSR count). The maximum atomic E-state index is 11.2. The molecule has 126 valence electrons. The second-order valence-corrected chi connectivity index (χ2v) is 6.65. The van der Waals surface area contributed by atoms with E-state index >= 15 is 0 Å². The molecular formula is C18H25NO4. The first-order valence-electron chi connectivity index (χ1n) is 8.51. The van der Waals surface area contributed by atoms with Crippen molar-refractivity contribution in [2.75, 3.05) is 6.61 Å². The summed E-state index contributed by atoms with van der Waals surface area (Å²) in [4.78, 5) is 11.2. The molecule has 1 saturated carbocycles. The number of fused-ring (bicyclic) bond motifs is 1. The lowest BCUT2D eigenvalue weighted by molar-refractivity contribution is -0.143. The molecule has 23 heavy (non-hydrogen) atoms. The van der Waals surface area contributed by atoms with Crippen LogP contribution in [0.4, 0.5) is 0 Å². The largest absolute Gasteiger partial charge is 0.491 e. The molecule has 0 unspecified atom stereocenters. The van der Waals surface area contributed by atoms with Crippen molar-refractivity contribution in [1.82, 2.24) is 5.32 Å². The van der Waals surface area contributed by atoms with Crippen LogP contribution in [0, 0.1) is 5.92 Å². The van der Waals surface area contributed by atoms with Gasteiger partial charge < -0.3 is 20.3 Å². The van der Waals surface area contributed by atoms with E-state index in [2.05, 4.69) is 12.2 Å². The number of carbonyl (C=O) groups is 1. The number of rotatable bonds is 4. The van der Waals surface area contributed by atoms with Gasteiger partial charge in [0.15, 0.2) is 0 Å². The molecule has 1 aliphatic carbocycles. The Bertz CT molecular complexity index is 574. The number of aliphatic carboxylic acids is 1. The normalized spacial score (nSPS) is 30.3. The highest BCUT2D eigenvalue weighted by Crippen LogP contribution is 2.34. The standard InChI is InChI=1S/C18H25NO4/c1-2-11-6-7-14-16(8-11)23-10-15(17(14)20)19-13-5-3-4-12(9-13)18(21)22/h6-8,12-13,15,17,19-20H,2-5,9-10H2,1H3,(H,21,22)/t12-,13+,15+,17-/m1/s1. The highest BCUT2D eigenvalue weighted by Gasteiger charge is 2.33. The lowest BCUT2D eigenvalue weighted by Crippen LogP contribution is -2.49. The maximum Gasteiger partial charge on any atom is 0.306 e. The van der Waals surface area contributed by atoms with E-state index in [1.807, 2.05) is 18.2 Å². The van der Waals surface area contributed by atoms with Crippen LogP contribution in [0.1, 0.15) is 49.8 Å². The van der Waals surface area contributed by atoms with Crippen LogP contribution in [0.5, 0.6) is 5.75 Å². The smallest absolute Gasteiger partial charge is 0.306 e. The Morgan fingerprint density at radius 3 is 2.96 bits per heavy atom. The Labute approximate surface area is 136 Å². The fourth-order valence-corrected chi connectivity index (χ4v) is 3.66. The summed E-state index contributed by atoms with van der Waals surface area (Å²) in [6.45, 7) is 2.50. The molecule has 5 heteroatoms. The van der Waals surface area contributed by atoms with E-state index in [9.17, 15) is 15.0 Å². The van der Waals surface area contributed by atoms with Crippen LogP contribution in [0.3, 0.4) is 0 Å². The summed E-state index contributed by atoms with van der Waals surface area (Å²) in [7, 11) is 0. The molecule has 0 radical (unpaired) electrons. The lowest BCUT2D eigenvalue weighted by Gasteiger charge is -2.36. The van der Waals surface area contributed by atoms with Crippen molar-refractivity contribution >= 4 is 5.97 Å². The van der Waals surface area contributed by atoms with Crippen molar-refractivity contribution in [3.05, 3.63) is 29.3 Å². The van der Waals surface area contributed by atoms with Crippen LogP contribution < -0.4 is 10.1 Å². The predicted molar refractivity (Wildman–Crippen MR) is 86.6 cm³/mol. The van der Waals surface area contributed by atoms with Crippen LogP contribution in [-0.2, 0) is 11.2 Å². The molecule has 0 saturated heterocycles. The van der Waals surface area contributed by atoms with Gasteiger partial charge >= 0.3 is 5.97 Å². The minimum Gasteiger partial charge on any atom is -0.491 e. The first kappa shape index (κ1) is 16.3. The van der Waals surface area contributed by atoms with Gasteiger partial charge in [-0.2, -0.15) is 0 Å². The molecule has 3 N–H and O–H groups in total. The highest BCUT2D eigenvalue weighted by molar-refractivity contribution is 5.70. The number of aryl methyl sites for hydroxylation is 1. The highest BCUT2D eigenvalue weighted by atomic mass is 16.5. The number of carboxylic acid groups (broad SMARTS) is 1. The number of carboxylic acids is 1. The number of ether oxygens (including phenoxy) is 1. The van der Waals surface area contributed by atoms with E-state index in [1.165, 1.54) is 5.56 Å². The number of hydrogen-bond donors (Lipinski definition) is 3. The molecule has 1 aromatic rings. The Morgan fingerprint density at radius 1 is 1.39 bits per heavy atom. The fourth-order valence-electron chi connectivity index (χ4n) is 3.66. The summed E-state index contributed by atoms with van der Waals surface area (Å²) in [5, 5.41) is 23.2. The van der Waals surface area contributed by atoms with Gasteiger partial charge in [0.2, 0.25) is 0 Å². The molecule has 0 spiro atoms. The average Bonchev–Trinajstić information content (AvgIpc) is 2.57. The van der Waals surface area contributed by atoms with Crippen LogP contribution in [-0.4, -0.2) is 34.9 Å². The zero-order valence-corrected chi connectivity index (χ0v) is 13.5. The van der Waals surface area contributed by atoms with E-state index in [-0.39, 0.29) is 18.0 Å². The molecule has 2 aliphatic rings. The summed E-state index contributed by atoms with van der Waals surface area (Å²) in [6, 6.07) is 5.90. The van der Waals surface area contributed by atoms with Gasteiger partial charge in [-0.15, -0.1) is 0 Å². The third kappa shape index (κ3) is 3.51. The SMILES string of the molecule is CCc1ccc2c(c1)OC[C@H](N[C@H]1CCC[C@@H](C(=O)O)C1)[C@@H]2O. The number of benzene rings is 1. The van der Waals surface area contributed by atoms with Gasteiger partial charge in [0.05, 0.1) is 12.0 Å². The fraction of sp³-hybridized carbons (Fsp3) is 0.611.